The summed E-state index contributed by atoms with van der Waals surface area (Å²) in [6.07, 6.45) is 3.40. The Morgan fingerprint density at radius 3 is 2.42 bits per heavy atom. The highest BCUT2D eigenvalue weighted by Crippen LogP contribution is 2.27. The van der Waals surface area contributed by atoms with Gasteiger partial charge >= 0.3 is 5.97 Å². The van der Waals surface area contributed by atoms with E-state index in [0.29, 0.717) is 16.8 Å². The van der Waals surface area contributed by atoms with Gasteiger partial charge in [-0.1, -0.05) is 17.7 Å². The molecule has 6 nitrogen and oxygen atoms in total. The molecule has 2 aromatic rings. The number of carboxylic acids is 1. The zero-order valence-electron chi connectivity index (χ0n) is 14.1. The number of aryl methyl sites for hydroxylation is 1. The van der Waals surface area contributed by atoms with E-state index in [1.54, 1.807) is 36.4 Å². The Hall–Kier alpha value is -3.41. The number of hydrogen-bond donors (Lipinski definition) is 4. The summed E-state index contributed by atoms with van der Waals surface area (Å²) in [5, 5.41) is 19.1. The lowest BCUT2D eigenvalue weighted by molar-refractivity contribution is -0.136. The van der Waals surface area contributed by atoms with Gasteiger partial charge in [-0.05, 0) is 60.4 Å². The summed E-state index contributed by atoms with van der Waals surface area (Å²) in [5.41, 5.74) is 10.00. The summed E-state index contributed by atoms with van der Waals surface area (Å²) in [6, 6.07) is 12.2. The molecule has 1 amide bonds. The lowest BCUT2D eigenvalue weighted by Crippen LogP contribution is -2.14. The zero-order valence-corrected chi connectivity index (χ0v) is 14.1. The van der Waals surface area contributed by atoms with Gasteiger partial charge in [-0.3, -0.25) is 15.0 Å². The summed E-state index contributed by atoms with van der Waals surface area (Å²) in [6.45, 7) is 0. The Kier molecular flexibility index (Phi) is 4.84. The third kappa shape index (κ3) is 3.97. The van der Waals surface area contributed by atoms with Crippen molar-refractivity contribution >= 4 is 29.5 Å². The number of carboxylic acid groups (broad SMARTS) is 1. The van der Waals surface area contributed by atoms with Gasteiger partial charge in [0.2, 0.25) is 0 Å². The molecule has 1 aliphatic carbocycles. The zero-order chi connectivity index (χ0) is 18.7. The molecular formula is C20H19N3O3. The van der Waals surface area contributed by atoms with Crippen molar-refractivity contribution in [2.24, 2.45) is 5.73 Å². The molecule has 0 aromatic heterocycles. The molecule has 5 N–H and O–H groups in total. The number of carbonyl (C=O) groups is 2. The topological polar surface area (TPSA) is 116 Å². The smallest absolute Gasteiger partial charge is 0.307 e. The number of anilines is 1. The molecule has 0 radical (unpaired) electrons. The molecule has 0 heterocycles. The van der Waals surface area contributed by atoms with Gasteiger partial charge in [0, 0.05) is 16.8 Å². The van der Waals surface area contributed by atoms with E-state index in [4.69, 9.17) is 16.2 Å². The number of amidine groups is 1. The van der Waals surface area contributed by atoms with E-state index in [-0.39, 0.29) is 18.2 Å². The monoisotopic (exact) mass is 349 g/mol. The minimum absolute atomic E-state index is 0.0262. The number of nitrogens with one attached hydrogen (secondary N) is 2. The van der Waals surface area contributed by atoms with Gasteiger partial charge in [0.1, 0.15) is 5.84 Å². The van der Waals surface area contributed by atoms with E-state index in [0.717, 1.165) is 29.5 Å². The maximum Gasteiger partial charge on any atom is 0.307 e. The number of nitrogen functional groups attached to an aromatic ring is 1. The largest absolute Gasteiger partial charge is 0.481 e. The quantitative estimate of drug-likeness (QED) is 0.490. The Bertz CT molecular complexity index is 914. The van der Waals surface area contributed by atoms with Crippen molar-refractivity contribution in [2.75, 3.05) is 5.32 Å². The molecule has 132 valence electrons. The average Bonchev–Trinajstić information content (AvgIpc) is 2.61. The van der Waals surface area contributed by atoms with Crippen LogP contribution in [0.3, 0.4) is 0 Å². The van der Waals surface area contributed by atoms with Crippen LogP contribution in [0, 0.1) is 5.41 Å². The van der Waals surface area contributed by atoms with Gasteiger partial charge in [-0.15, -0.1) is 0 Å². The Labute approximate surface area is 150 Å². The van der Waals surface area contributed by atoms with Crippen molar-refractivity contribution in [3.8, 4) is 0 Å². The number of aliphatic carboxylic acids is 1. The van der Waals surface area contributed by atoms with Crippen molar-refractivity contribution < 1.29 is 14.7 Å². The van der Waals surface area contributed by atoms with Crippen molar-refractivity contribution in [2.45, 2.75) is 19.3 Å². The maximum atomic E-state index is 12.5. The number of benzene rings is 2. The predicted octanol–water partition coefficient (Wildman–Crippen LogP) is 3.03. The second-order valence-electron chi connectivity index (χ2n) is 6.23. The summed E-state index contributed by atoms with van der Waals surface area (Å²) < 4.78 is 0. The standard InChI is InChI=1S/C20H19N3O3/c21-19(22)14-5-7-17(8-6-14)23-20(26)15-4-3-13-2-1-12(10-18(24)25)9-16(13)11-15/h3-9,11H,1-2,10H2,(H3,21,22)(H,23,26)(H,24,25). The van der Waals surface area contributed by atoms with Crippen molar-refractivity contribution in [3.63, 3.8) is 0 Å². The molecule has 0 saturated heterocycles. The lowest BCUT2D eigenvalue weighted by atomic mass is 9.89. The van der Waals surface area contributed by atoms with Gasteiger partial charge in [0.25, 0.3) is 5.91 Å². The summed E-state index contributed by atoms with van der Waals surface area (Å²) in [4.78, 5) is 23.4. The van der Waals surface area contributed by atoms with E-state index in [1.807, 2.05) is 12.1 Å². The van der Waals surface area contributed by atoms with E-state index in [2.05, 4.69) is 5.32 Å². The molecule has 0 spiro atoms. The Morgan fingerprint density at radius 1 is 1.08 bits per heavy atom. The van der Waals surface area contributed by atoms with Gasteiger partial charge in [0.15, 0.2) is 0 Å². The highest BCUT2D eigenvalue weighted by molar-refractivity contribution is 6.05. The fraction of sp³-hybridized carbons (Fsp3) is 0.150. The average molecular weight is 349 g/mol. The molecule has 1 aliphatic rings. The Balaban J connectivity index is 1.77. The minimum atomic E-state index is -0.845. The van der Waals surface area contributed by atoms with Crippen LogP contribution in [-0.4, -0.2) is 22.8 Å². The van der Waals surface area contributed by atoms with E-state index in [9.17, 15) is 9.59 Å². The number of nitrogens with two attached hydrogens (primary N) is 1. The number of amides is 1. The minimum Gasteiger partial charge on any atom is -0.481 e. The van der Waals surface area contributed by atoms with Crippen LogP contribution >= 0.6 is 0 Å². The first-order valence-electron chi connectivity index (χ1n) is 8.22. The van der Waals surface area contributed by atoms with Crippen LogP contribution in [0.5, 0.6) is 0 Å². The van der Waals surface area contributed by atoms with Gasteiger partial charge in [-0.2, -0.15) is 0 Å². The van der Waals surface area contributed by atoms with E-state index in [1.165, 1.54) is 0 Å². The molecule has 0 unspecified atom stereocenters. The first kappa shape index (κ1) is 17.4. The van der Waals surface area contributed by atoms with Gasteiger partial charge in [0.05, 0.1) is 6.42 Å². The fourth-order valence-corrected chi connectivity index (χ4v) is 2.96. The van der Waals surface area contributed by atoms with Crippen LogP contribution in [0.1, 0.15) is 39.9 Å². The molecule has 3 rings (SSSR count). The third-order valence-electron chi connectivity index (χ3n) is 4.32. The Morgan fingerprint density at radius 2 is 1.77 bits per heavy atom. The second kappa shape index (κ2) is 7.23. The lowest BCUT2D eigenvalue weighted by Gasteiger charge is -2.16. The first-order chi connectivity index (χ1) is 12.4. The van der Waals surface area contributed by atoms with Crippen LogP contribution < -0.4 is 11.1 Å². The molecule has 0 atom stereocenters. The molecule has 0 bridgehead atoms. The van der Waals surface area contributed by atoms with Crippen LogP contribution in [0.2, 0.25) is 0 Å². The van der Waals surface area contributed by atoms with Crippen molar-refractivity contribution in [1.82, 2.24) is 0 Å². The van der Waals surface area contributed by atoms with Crippen LogP contribution in [-0.2, 0) is 11.2 Å². The van der Waals surface area contributed by atoms with Crippen molar-refractivity contribution in [1.29, 1.82) is 5.41 Å². The summed E-state index contributed by atoms with van der Waals surface area (Å²) in [5.74, 6) is -1.12. The first-order valence-corrected chi connectivity index (χ1v) is 8.22. The van der Waals surface area contributed by atoms with Crippen LogP contribution in [0.4, 0.5) is 5.69 Å². The number of carbonyl (C=O) groups excluding carboxylic acids is 1. The number of hydrogen-bond acceptors (Lipinski definition) is 3. The molecule has 0 aliphatic heterocycles. The van der Waals surface area contributed by atoms with E-state index >= 15 is 0 Å². The normalized spacial score (nSPS) is 12.7. The summed E-state index contributed by atoms with van der Waals surface area (Å²) >= 11 is 0. The molecule has 26 heavy (non-hydrogen) atoms. The van der Waals surface area contributed by atoms with Gasteiger partial charge in [-0.25, -0.2) is 0 Å². The highest BCUT2D eigenvalue weighted by Gasteiger charge is 2.15. The summed E-state index contributed by atoms with van der Waals surface area (Å²) in [7, 11) is 0. The van der Waals surface area contributed by atoms with E-state index < -0.39 is 5.97 Å². The molecule has 0 fully saturated rings. The van der Waals surface area contributed by atoms with Crippen molar-refractivity contribution in [3.05, 3.63) is 70.3 Å². The third-order valence-corrected chi connectivity index (χ3v) is 4.32. The molecular weight excluding hydrogens is 330 g/mol. The SMILES string of the molecule is N=C(N)c1ccc(NC(=O)c2ccc3c(c2)C=C(CC(=O)O)CC3)cc1. The fourth-order valence-electron chi connectivity index (χ4n) is 2.96. The van der Waals surface area contributed by atoms with Crippen LogP contribution in [0.25, 0.3) is 6.08 Å². The second-order valence-corrected chi connectivity index (χ2v) is 6.23. The maximum absolute atomic E-state index is 12.5. The molecule has 6 heteroatoms. The predicted molar refractivity (Wildman–Crippen MR) is 100 cm³/mol. The number of rotatable bonds is 5. The highest BCUT2D eigenvalue weighted by atomic mass is 16.4. The number of fused-ring (bicyclic) bond motifs is 1. The van der Waals surface area contributed by atoms with Gasteiger partial charge < -0.3 is 16.2 Å². The van der Waals surface area contributed by atoms with Crippen LogP contribution in [0.15, 0.2) is 48.0 Å². The molecule has 0 saturated carbocycles. The molecule has 2 aromatic carbocycles.